The van der Waals surface area contributed by atoms with Gasteiger partial charge in [0.15, 0.2) is 0 Å². The third-order valence-electron chi connectivity index (χ3n) is 5.26. The molecule has 1 atom stereocenters. The Morgan fingerprint density at radius 3 is 2.79 bits per heavy atom. The number of carbonyl (C=O) groups excluding carboxylic acids is 1. The second-order valence-corrected chi connectivity index (χ2v) is 8.87. The fourth-order valence-corrected chi connectivity index (χ4v) is 3.69. The molecule has 2 fully saturated rings. The van der Waals surface area contributed by atoms with Crippen molar-refractivity contribution in [3.05, 3.63) is 24.4 Å². The molecule has 0 radical (unpaired) electrons. The van der Waals surface area contributed by atoms with Gasteiger partial charge < -0.3 is 19.6 Å². The molecule has 2 aromatic rings. The first-order valence-electron chi connectivity index (χ1n) is 9.99. The third-order valence-corrected chi connectivity index (χ3v) is 5.26. The first-order chi connectivity index (χ1) is 13.3. The fraction of sp³-hybridized carbons (Fsp3) is 0.571. The van der Waals surface area contributed by atoms with Crippen molar-refractivity contribution in [2.45, 2.75) is 51.7 Å². The highest BCUT2D eigenvalue weighted by molar-refractivity contribution is 5.79. The molecule has 0 unspecified atom stereocenters. The number of ether oxygens (including phenoxy) is 1. The van der Waals surface area contributed by atoms with E-state index in [2.05, 4.69) is 14.9 Å². The summed E-state index contributed by atoms with van der Waals surface area (Å²) in [7, 11) is 0. The molecule has 1 N–H and O–H groups in total. The number of carbonyl (C=O) groups is 1. The van der Waals surface area contributed by atoms with E-state index in [4.69, 9.17) is 4.74 Å². The molecule has 1 saturated heterocycles. The van der Waals surface area contributed by atoms with Gasteiger partial charge in [-0.05, 0) is 64.2 Å². The lowest BCUT2D eigenvalue weighted by molar-refractivity contribution is 0.0167. The Bertz CT molecular complexity index is 876. The van der Waals surface area contributed by atoms with Gasteiger partial charge in [0.05, 0.1) is 23.3 Å². The van der Waals surface area contributed by atoms with Crippen LogP contribution in [0.25, 0.3) is 11.0 Å². The third kappa shape index (κ3) is 4.29. The maximum absolute atomic E-state index is 12.8. The van der Waals surface area contributed by atoms with Crippen LogP contribution in [-0.4, -0.2) is 57.3 Å². The fourth-order valence-electron chi connectivity index (χ4n) is 3.69. The summed E-state index contributed by atoms with van der Waals surface area (Å²) in [6.45, 7) is 8.18. The van der Waals surface area contributed by atoms with Gasteiger partial charge in [-0.1, -0.05) is 0 Å². The van der Waals surface area contributed by atoms with Crippen molar-refractivity contribution >= 4 is 22.8 Å². The number of hydrogen-bond acceptors (Lipinski definition) is 6. The number of aromatic hydroxyl groups is 1. The van der Waals surface area contributed by atoms with Crippen molar-refractivity contribution in [1.82, 2.24) is 14.9 Å². The van der Waals surface area contributed by atoms with Gasteiger partial charge in [0.2, 0.25) is 5.88 Å². The smallest absolute Gasteiger partial charge is 0.410 e. The lowest BCUT2D eigenvalue weighted by Gasteiger charge is -2.32. The Morgan fingerprint density at radius 1 is 1.29 bits per heavy atom. The number of benzene rings is 1. The minimum Gasteiger partial charge on any atom is -0.492 e. The van der Waals surface area contributed by atoms with Gasteiger partial charge in [0.25, 0.3) is 0 Å². The summed E-state index contributed by atoms with van der Waals surface area (Å²) in [4.78, 5) is 25.4. The highest BCUT2D eigenvalue weighted by Crippen LogP contribution is 2.33. The van der Waals surface area contributed by atoms with Crippen LogP contribution in [0.3, 0.4) is 0 Å². The maximum Gasteiger partial charge on any atom is 0.410 e. The normalized spacial score (nSPS) is 19.8. The van der Waals surface area contributed by atoms with Crippen molar-refractivity contribution in [1.29, 1.82) is 0 Å². The Balaban J connectivity index is 1.49. The summed E-state index contributed by atoms with van der Waals surface area (Å²) < 4.78 is 5.68. The summed E-state index contributed by atoms with van der Waals surface area (Å²) in [6.07, 6.45) is 4.48. The van der Waals surface area contributed by atoms with Gasteiger partial charge in [-0.3, -0.25) is 0 Å². The molecule has 1 aliphatic heterocycles. The van der Waals surface area contributed by atoms with E-state index >= 15 is 0 Å². The van der Waals surface area contributed by atoms with Crippen LogP contribution in [-0.2, 0) is 4.74 Å². The highest BCUT2D eigenvalue weighted by Gasteiger charge is 2.37. The van der Waals surface area contributed by atoms with Crippen LogP contribution in [0.15, 0.2) is 24.4 Å². The molecule has 1 aromatic heterocycles. The predicted octanol–water partition coefficient (Wildman–Crippen LogP) is 3.56. The van der Waals surface area contributed by atoms with Crippen LogP contribution in [0.1, 0.15) is 40.0 Å². The number of hydrogen-bond donors (Lipinski definition) is 1. The van der Waals surface area contributed by atoms with Gasteiger partial charge in [-0.2, -0.15) is 0 Å². The quantitative estimate of drug-likeness (QED) is 0.868. The van der Waals surface area contributed by atoms with Crippen LogP contribution in [0, 0.1) is 5.92 Å². The van der Waals surface area contributed by atoms with Crippen molar-refractivity contribution in [3.8, 4) is 5.88 Å². The summed E-state index contributed by atoms with van der Waals surface area (Å²) >= 11 is 0. The van der Waals surface area contributed by atoms with Crippen LogP contribution in [0.5, 0.6) is 5.88 Å². The summed E-state index contributed by atoms with van der Waals surface area (Å²) in [5.74, 6) is 0.541. The number of nitrogens with zero attached hydrogens (tertiary/aromatic N) is 4. The van der Waals surface area contributed by atoms with Crippen LogP contribution in [0.2, 0.25) is 0 Å². The summed E-state index contributed by atoms with van der Waals surface area (Å²) in [5.41, 5.74) is 2.00. The van der Waals surface area contributed by atoms with Crippen molar-refractivity contribution in [2.75, 3.05) is 24.5 Å². The molecule has 1 aromatic carbocycles. The Morgan fingerprint density at radius 2 is 2.07 bits per heavy atom. The lowest BCUT2D eigenvalue weighted by Crippen LogP contribution is -2.45. The molecule has 2 aliphatic rings. The standard InChI is InChI=1S/C21H28N4O3/c1-21(2,3)28-20(27)25(12-14-4-5-14)16-8-9-24(13-16)15-6-7-17-18(10-15)22-11-19(26)23-17/h6-7,10-11,14,16H,4-5,8-9,12-13H2,1-3H3,(H,23,26)/t16-/m1/s1. The zero-order valence-electron chi connectivity index (χ0n) is 16.8. The van der Waals surface area contributed by atoms with Crippen LogP contribution in [0.4, 0.5) is 10.5 Å². The molecule has 7 nitrogen and oxygen atoms in total. The second kappa shape index (κ2) is 7.11. The Hall–Kier alpha value is -2.57. The molecule has 4 rings (SSSR count). The minimum absolute atomic E-state index is 0.0745. The van der Waals surface area contributed by atoms with E-state index in [0.717, 1.165) is 37.3 Å². The zero-order valence-corrected chi connectivity index (χ0v) is 16.8. The average Bonchev–Trinajstić information content (AvgIpc) is 3.32. The topological polar surface area (TPSA) is 78.8 Å². The van der Waals surface area contributed by atoms with E-state index in [-0.39, 0.29) is 18.0 Å². The molecule has 1 saturated carbocycles. The van der Waals surface area contributed by atoms with E-state index < -0.39 is 5.60 Å². The number of anilines is 1. The van der Waals surface area contributed by atoms with Gasteiger partial charge in [-0.15, -0.1) is 0 Å². The maximum atomic E-state index is 12.8. The van der Waals surface area contributed by atoms with E-state index in [9.17, 15) is 9.90 Å². The molecule has 28 heavy (non-hydrogen) atoms. The highest BCUT2D eigenvalue weighted by atomic mass is 16.6. The summed E-state index contributed by atoms with van der Waals surface area (Å²) in [5, 5.41) is 9.48. The predicted molar refractivity (Wildman–Crippen MR) is 107 cm³/mol. The molecule has 0 bridgehead atoms. The van der Waals surface area contributed by atoms with E-state index in [0.29, 0.717) is 11.4 Å². The first kappa shape index (κ1) is 18.8. The Labute approximate surface area is 165 Å². The van der Waals surface area contributed by atoms with Crippen molar-refractivity contribution in [3.63, 3.8) is 0 Å². The average molecular weight is 384 g/mol. The van der Waals surface area contributed by atoms with E-state index in [1.165, 1.54) is 19.0 Å². The molecule has 1 amide bonds. The second-order valence-electron chi connectivity index (χ2n) is 8.87. The lowest BCUT2D eigenvalue weighted by atomic mass is 10.2. The SMILES string of the molecule is CC(C)(C)OC(=O)N(CC1CC1)[C@@H]1CCN(c2ccc3nc(O)cnc3c2)C1. The zero-order chi connectivity index (χ0) is 19.9. The monoisotopic (exact) mass is 384 g/mol. The molecule has 0 spiro atoms. The van der Waals surface area contributed by atoms with Gasteiger partial charge in [0, 0.05) is 25.3 Å². The van der Waals surface area contributed by atoms with Crippen molar-refractivity contribution < 1.29 is 14.6 Å². The number of rotatable bonds is 4. The van der Waals surface area contributed by atoms with Gasteiger partial charge >= 0.3 is 6.09 Å². The molecular formula is C21H28N4O3. The Kier molecular flexibility index (Phi) is 4.77. The number of amides is 1. The van der Waals surface area contributed by atoms with Crippen molar-refractivity contribution in [2.24, 2.45) is 5.92 Å². The minimum atomic E-state index is -0.486. The van der Waals surface area contributed by atoms with Gasteiger partial charge in [-0.25, -0.2) is 14.8 Å². The molecule has 150 valence electrons. The number of fused-ring (bicyclic) bond motifs is 1. The molecule has 1 aliphatic carbocycles. The van der Waals surface area contributed by atoms with E-state index in [1.54, 1.807) is 0 Å². The molecule has 2 heterocycles. The largest absolute Gasteiger partial charge is 0.492 e. The van der Waals surface area contributed by atoms with Crippen LogP contribution >= 0.6 is 0 Å². The number of aromatic nitrogens is 2. The van der Waals surface area contributed by atoms with Crippen LogP contribution < -0.4 is 4.90 Å². The molecular weight excluding hydrogens is 356 g/mol. The van der Waals surface area contributed by atoms with Gasteiger partial charge in [0.1, 0.15) is 5.60 Å². The first-order valence-corrected chi connectivity index (χ1v) is 9.99. The van der Waals surface area contributed by atoms with E-state index in [1.807, 2.05) is 43.9 Å². The molecule has 7 heteroatoms. The summed E-state index contributed by atoms with van der Waals surface area (Å²) in [6, 6.07) is 6.01.